The van der Waals surface area contributed by atoms with Crippen LogP contribution in [0.4, 0.5) is 11.6 Å². The lowest BCUT2D eigenvalue weighted by atomic mass is 10.2. The number of carbonyl (C=O) groups is 1. The summed E-state index contributed by atoms with van der Waals surface area (Å²) in [4.78, 5) is 21.3. The fourth-order valence-corrected chi connectivity index (χ4v) is 4.60. The van der Waals surface area contributed by atoms with Gasteiger partial charge in [-0.05, 0) is 31.0 Å². The van der Waals surface area contributed by atoms with Crippen LogP contribution in [0.1, 0.15) is 23.2 Å². The van der Waals surface area contributed by atoms with Gasteiger partial charge in [-0.2, -0.15) is 0 Å². The van der Waals surface area contributed by atoms with Crippen molar-refractivity contribution in [2.45, 2.75) is 18.9 Å². The molecule has 0 saturated carbocycles. The SMILES string of the molecule is O=C(c1ccoc1)N1CCN(c2ccc(N3CCN(CC4CCCO4)CC3)nn2)CC1. The van der Waals surface area contributed by atoms with Gasteiger partial charge >= 0.3 is 0 Å². The quantitative estimate of drug-likeness (QED) is 0.709. The Hall–Kier alpha value is -2.65. The van der Waals surface area contributed by atoms with Crippen LogP contribution in [-0.2, 0) is 4.74 Å². The van der Waals surface area contributed by atoms with Gasteiger partial charge in [-0.3, -0.25) is 9.69 Å². The lowest BCUT2D eigenvalue weighted by Gasteiger charge is -2.37. The number of carbonyl (C=O) groups excluding carboxylic acids is 1. The van der Waals surface area contributed by atoms with E-state index in [0.29, 0.717) is 24.8 Å². The van der Waals surface area contributed by atoms with Crippen LogP contribution < -0.4 is 9.80 Å². The predicted molar refractivity (Wildman–Crippen MR) is 116 cm³/mol. The highest BCUT2D eigenvalue weighted by molar-refractivity contribution is 5.94. The Bertz CT molecular complexity index is 837. The lowest BCUT2D eigenvalue weighted by Crippen LogP contribution is -2.49. The molecule has 0 aromatic carbocycles. The van der Waals surface area contributed by atoms with E-state index < -0.39 is 0 Å². The van der Waals surface area contributed by atoms with Crippen molar-refractivity contribution in [3.05, 3.63) is 36.3 Å². The van der Waals surface area contributed by atoms with E-state index >= 15 is 0 Å². The highest BCUT2D eigenvalue weighted by atomic mass is 16.5. The zero-order valence-electron chi connectivity index (χ0n) is 17.9. The molecule has 3 aliphatic rings. The van der Waals surface area contributed by atoms with Crippen LogP contribution in [0, 0.1) is 0 Å². The van der Waals surface area contributed by atoms with Crippen molar-refractivity contribution in [3.8, 4) is 0 Å². The molecule has 2 aromatic heterocycles. The smallest absolute Gasteiger partial charge is 0.257 e. The minimum Gasteiger partial charge on any atom is -0.472 e. The predicted octanol–water partition coefficient (Wildman–Crippen LogP) is 1.33. The van der Waals surface area contributed by atoms with Crippen molar-refractivity contribution in [3.63, 3.8) is 0 Å². The van der Waals surface area contributed by atoms with Gasteiger partial charge in [0, 0.05) is 65.5 Å². The summed E-state index contributed by atoms with van der Waals surface area (Å²) in [7, 11) is 0. The number of anilines is 2. The van der Waals surface area contributed by atoms with Crippen LogP contribution in [0.15, 0.2) is 35.1 Å². The second-order valence-corrected chi connectivity index (χ2v) is 8.46. The average Bonchev–Trinajstić information content (AvgIpc) is 3.54. The summed E-state index contributed by atoms with van der Waals surface area (Å²) in [6.45, 7) is 8.81. The molecule has 0 N–H and O–H groups in total. The molecule has 3 fully saturated rings. The molecule has 5 rings (SSSR count). The Morgan fingerprint density at radius 1 is 0.935 bits per heavy atom. The minimum atomic E-state index is 0.0217. The second kappa shape index (κ2) is 9.23. The number of aromatic nitrogens is 2. The van der Waals surface area contributed by atoms with E-state index in [1.807, 2.05) is 4.90 Å². The van der Waals surface area contributed by atoms with E-state index in [2.05, 4.69) is 37.0 Å². The number of hydrogen-bond acceptors (Lipinski definition) is 8. The average molecular weight is 427 g/mol. The van der Waals surface area contributed by atoms with Gasteiger partial charge in [0.15, 0.2) is 11.6 Å². The van der Waals surface area contributed by atoms with Crippen LogP contribution in [0.5, 0.6) is 0 Å². The Labute approximate surface area is 182 Å². The Kier molecular flexibility index (Phi) is 6.04. The number of rotatable bonds is 5. The first-order chi connectivity index (χ1) is 15.3. The van der Waals surface area contributed by atoms with E-state index in [1.165, 1.54) is 25.4 Å². The lowest BCUT2D eigenvalue weighted by molar-refractivity contribution is 0.0712. The van der Waals surface area contributed by atoms with Crippen LogP contribution in [0.2, 0.25) is 0 Å². The molecular weight excluding hydrogens is 396 g/mol. The molecule has 166 valence electrons. The van der Waals surface area contributed by atoms with Crippen molar-refractivity contribution in [1.29, 1.82) is 0 Å². The van der Waals surface area contributed by atoms with Gasteiger partial charge in [-0.15, -0.1) is 10.2 Å². The van der Waals surface area contributed by atoms with Crippen LogP contribution in [-0.4, -0.2) is 97.5 Å². The van der Waals surface area contributed by atoms with Crippen molar-refractivity contribution < 1.29 is 13.9 Å². The van der Waals surface area contributed by atoms with Gasteiger partial charge in [0.25, 0.3) is 5.91 Å². The molecule has 3 saturated heterocycles. The molecule has 0 spiro atoms. The first kappa shape index (κ1) is 20.3. The highest BCUT2D eigenvalue weighted by Gasteiger charge is 2.25. The summed E-state index contributed by atoms with van der Waals surface area (Å²) in [6.07, 6.45) is 5.84. The van der Waals surface area contributed by atoms with Gasteiger partial charge < -0.3 is 23.9 Å². The third-order valence-electron chi connectivity index (χ3n) is 6.48. The van der Waals surface area contributed by atoms with E-state index in [-0.39, 0.29) is 5.91 Å². The summed E-state index contributed by atoms with van der Waals surface area (Å²) in [6, 6.07) is 5.83. The van der Waals surface area contributed by atoms with Crippen molar-refractivity contribution in [2.75, 3.05) is 75.3 Å². The highest BCUT2D eigenvalue weighted by Crippen LogP contribution is 2.20. The number of piperazine rings is 2. The fraction of sp³-hybridized carbons (Fsp3) is 0.591. The van der Waals surface area contributed by atoms with Crippen molar-refractivity contribution in [2.24, 2.45) is 0 Å². The molecular formula is C22H30N6O3. The molecule has 2 aromatic rings. The maximum absolute atomic E-state index is 12.4. The van der Waals surface area contributed by atoms with E-state index in [0.717, 1.165) is 64.1 Å². The van der Waals surface area contributed by atoms with E-state index in [1.54, 1.807) is 6.07 Å². The van der Waals surface area contributed by atoms with Gasteiger partial charge in [0.05, 0.1) is 17.9 Å². The maximum atomic E-state index is 12.4. The number of amides is 1. The molecule has 0 radical (unpaired) electrons. The molecule has 9 nitrogen and oxygen atoms in total. The molecule has 1 atom stereocenters. The van der Waals surface area contributed by atoms with E-state index in [9.17, 15) is 4.79 Å². The summed E-state index contributed by atoms with van der Waals surface area (Å²) in [5, 5.41) is 8.98. The normalized spacial score (nSPS) is 22.8. The third-order valence-corrected chi connectivity index (χ3v) is 6.48. The molecule has 1 unspecified atom stereocenters. The third kappa shape index (κ3) is 4.67. The van der Waals surface area contributed by atoms with Gasteiger partial charge in [-0.1, -0.05) is 0 Å². The Morgan fingerprint density at radius 3 is 2.16 bits per heavy atom. The Balaban J connectivity index is 1.10. The van der Waals surface area contributed by atoms with Crippen LogP contribution in [0.3, 0.4) is 0 Å². The molecule has 0 aliphatic carbocycles. The van der Waals surface area contributed by atoms with Crippen molar-refractivity contribution >= 4 is 17.5 Å². The van der Waals surface area contributed by atoms with Crippen LogP contribution in [0.25, 0.3) is 0 Å². The Morgan fingerprint density at radius 2 is 1.61 bits per heavy atom. The first-order valence-corrected chi connectivity index (χ1v) is 11.3. The molecule has 1 amide bonds. The fourth-order valence-electron chi connectivity index (χ4n) is 4.60. The summed E-state index contributed by atoms with van der Waals surface area (Å²) < 4.78 is 10.8. The summed E-state index contributed by atoms with van der Waals surface area (Å²) in [5.74, 6) is 1.83. The number of nitrogens with zero attached hydrogens (tertiary/aromatic N) is 6. The minimum absolute atomic E-state index is 0.0217. The van der Waals surface area contributed by atoms with Crippen LogP contribution >= 0.6 is 0 Å². The van der Waals surface area contributed by atoms with Gasteiger partial charge in [0.2, 0.25) is 0 Å². The molecule has 5 heterocycles. The van der Waals surface area contributed by atoms with Crippen molar-refractivity contribution in [1.82, 2.24) is 20.0 Å². The largest absolute Gasteiger partial charge is 0.472 e. The molecule has 9 heteroatoms. The number of furan rings is 1. The zero-order valence-corrected chi connectivity index (χ0v) is 17.9. The number of ether oxygens (including phenoxy) is 1. The van der Waals surface area contributed by atoms with Gasteiger partial charge in [0.1, 0.15) is 6.26 Å². The monoisotopic (exact) mass is 426 g/mol. The zero-order chi connectivity index (χ0) is 21.0. The second-order valence-electron chi connectivity index (χ2n) is 8.46. The molecule has 3 aliphatic heterocycles. The molecule has 0 bridgehead atoms. The summed E-state index contributed by atoms with van der Waals surface area (Å²) in [5.41, 5.74) is 0.605. The number of hydrogen-bond donors (Lipinski definition) is 0. The first-order valence-electron chi connectivity index (χ1n) is 11.3. The topological polar surface area (TPSA) is 78.2 Å². The summed E-state index contributed by atoms with van der Waals surface area (Å²) >= 11 is 0. The maximum Gasteiger partial charge on any atom is 0.257 e. The van der Waals surface area contributed by atoms with E-state index in [4.69, 9.17) is 9.15 Å². The standard InChI is InChI=1S/C22H30N6O3/c29-22(18-5-15-30-17-18)28-12-10-27(11-13-28)21-4-3-20(23-24-21)26-8-6-25(7-9-26)16-19-2-1-14-31-19/h3-5,15,17,19H,1-2,6-14,16H2. The molecule has 31 heavy (non-hydrogen) atoms. The van der Waals surface area contributed by atoms with Gasteiger partial charge in [-0.25, -0.2) is 0 Å².